The number of carbonyl (C=O) groups excluding carboxylic acids is 1. The highest BCUT2D eigenvalue weighted by Crippen LogP contribution is 2.14. The number of halogens is 2. The molecule has 0 unspecified atom stereocenters. The minimum absolute atomic E-state index is 0.243. The predicted molar refractivity (Wildman–Crippen MR) is 52.3 cm³/mol. The van der Waals surface area contributed by atoms with Crippen molar-refractivity contribution in [2.45, 2.75) is 19.1 Å². The highest BCUT2D eigenvalue weighted by molar-refractivity contribution is 5.93. The lowest BCUT2D eigenvalue weighted by Gasteiger charge is -2.35. The van der Waals surface area contributed by atoms with Crippen molar-refractivity contribution in [3.8, 4) is 0 Å². The number of hydrogen-bond acceptors (Lipinski definition) is 2. The van der Waals surface area contributed by atoms with E-state index in [0.717, 1.165) is 0 Å². The number of alkyl halides is 2. The molecule has 1 N–H and O–H groups in total. The van der Waals surface area contributed by atoms with Gasteiger partial charge >= 0.3 is 0 Å². The van der Waals surface area contributed by atoms with Gasteiger partial charge in [-0.2, -0.15) is 0 Å². The number of aliphatic hydroxyl groups excluding tert-OH is 1. The molecule has 0 atom stereocenters. The molecule has 2 rings (SSSR count). The summed E-state index contributed by atoms with van der Waals surface area (Å²) >= 11 is 0. The van der Waals surface area contributed by atoms with Gasteiger partial charge in [-0.15, -0.1) is 0 Å². The summed E-state index contributed by atoms with van der Waals surface area (Å²) < 4.78 is 25.7. The molecule has 1 aromatic heterocycles. The van der Waals surface area contributed by atoms with Crippen LogP contribution in [-0.4, -0.2) is 46.1 Å². The van der Waals surface area contributed by atoms with Crippen LogP contribution < -0.4 is 0 Å². The Labute approximate surface area is 91.1 Å². The van der Waals surface area contributed by atoms with Gasteiger partial charge in [0.05, 0.1) is 12.6 Å². The van der Waals surface area contributed by atoms with Gasteiger partial charge in [-0.05, 0) is 12.1 Å². The van der Waals surface area contributed by atoms with E-state index >= 15 is 0 Å². The first-order valence-corrected chi connectivity index (χ1v) is 4.98. The van der Waals surface area contributed by atoms with Crippen LogP contribution in [0.4, 0.5) is 8.78 Å². The van der Waals surface area contributed by atoms with Crippen molar-refractivity contribution in [3.63, 3.8) is 0 Å². The molecule has 0 aromatic carbocycles. The Kier molecular flexibility index (Phi) is 2.91. The molecule has 0 spiro atoms. The van der Waals surface area contributed by atoms with Crippen molar-refractivity contribution in [3.05, 3.63) is 24.0 Å². The van der Waals surface area contributed by atoms with Crippen molar-refractivity contribution in [2.24, 2.45) is 0 Å². The Morgan fingerprint density at radius 1 is 1.56 bits per heavy atom. The number of nitrogens with zero attached hydrogens (tertiary/aromatic N) is 2. The molecule has 6 heteroatoms. The highest BCUT2D eigenvalue weighted by Gasteiger charge is 2.30. The average Bonchev–Trinajstić information content (AvgIpc) is 2.59. The highest BCUT2D eigenvalue weighted by atomic mass is 19.3. The van der Waals surface area contributed by atoms with Crippen LogP contribution >= 0.6 is 0 Å². The Balaban J connectivity index is 2.08. The Hall–Kier alpha value is -1.43. The van der Waals surface area contributed by atoms with Crippen molar-refractivity contribution >= 4 is 5.91 Å². The predicted octanol–water partition coefficient (Wildman–Crippen LogP) is 0.570. The standard InChI is InChI=1S/C10H12F2N2O2/c11-9(12)6-13-3-1-2-8(13)10(16)14-4-7(15)5-14/h1-3,7,9,15H,4-6H2. The quantitative estimate of drug-likeness (QED) is 0.825. The minimum Gasteiger partial charge on any atom is -0.389 e. The number of aliphatic hydroxyl groups is 1. The lowest BCUT2D eigenvalue weighted by atomic mass is 10.1. The molecule has 16 heavy (non-hydrogen) atoms. The summed E-state index contributed by atoms with van der Waals surface area (Å²) in [5, 5.41) is 9.06. The molecule has 1 aliphatic rings. The summed E-state index contributed by atoms with van der Waals surface area (Å²) in [6, 6.07) is 3.07. The van der Waals surface area contributed by atoms with Gasteiger partial charge in [-0.25, -0.2) is 8.78 Å². The number of amides is 1. The summed E-state index contributed by atoms with van der Waals surface area (Å²) in [5.74, 6) is -0.309. The molecule has 0 radical (unpaired) electrons. The lowest BCUT2D eigenvalue weighted by molar-refractivity contribution is 0.00493. The van der Waals surface area contributed by atoms with Crippen LogP contribution in [0.3, 0.4) is 0 Å². The fourth-order valence-corrected chi connectivity index (χ4v) is 1.70. The molecule has 1 fully saturated rings. The van der Waals surface area contributed by atoms with Crippen LogP contribution in [0.25, 0.3) is 0 Å². The summed E-state index contributed by atoms with van der Waals surface area (Å²) in [6.07, 6.45) is -1.52. The van der Waals surface area contributed by atoms with Gasteiger partial charge in [0.15, 0.2) is 0 Å². The van der Waals surface area contributed by atoms with E-state index in [1.807, 2.05) is 0 Å². The van der Waals surface area contributed by atoms with Gasteiger partial charge in [0.2, 0.25) is 0 Å². The topological polar surface area (TPSA) is 45.5 Å². The van der Waals surface area contributed by atoms with E-state index in [0.29, 0.717) is 0 Å². The number of hydrogen-bond donors (Lipinski definition) is 1. The van der Waals surface area contributed by atoms with E-state index in [-0.39, 0.29) is 24.7 Å². The van der Waals surface area contributed by atoms with E-state index < -0.39 is 19.1 Å². The monoisotopic (exact) mass is 230 g/mol. The fraction of sp³-hybridized carbons (Fsp3) is 0.500. The first kappa shape index (κ1) is 11.1. The average molecular weight is 230 g/mol. The zero-order chi connectivity index (χ0) is 11.7. The van der Waals surface area contributed by atoms with Crippen LogP contribution in [0.1, 0.15) is 10.5 Å². The second-order valence-electron chi connectivity index (χ2n) is 3.80. The van der Waals surface area contributed by atoms with Gasteiger partial charge in [0.25, 0.3) is 12.3 Å². The minimum atomic E-state index is -2.49. The molecule has 4 nitrogen and oxygen atoms in total. The molecule has 1 aromatic rings. The van der Waals surface area contributed by atoms with Gasteiger partial charge in [-0.1, -0.05) is 0 Å². The summed E-state index contributed by atoms with van der Waals surface area (Å²) in [7, 11) is 0. The second-order valence-corrected chi connectivity index (χ2v) is 3.80. The summed E-state index contributed by atoms with van der Waals surface area (Å²) in [4.78, 5) is 13.2. The first-order chi connectivity index (χ1) is 7.58. The molecule has 0 aliphatic carbocycles. The third kappa shape index (κ3) is 2.06. The van der Waals surface area contributed by atoms with Crippen LogP contribution in [-0.2, 0) is 6.54 Å². The normalized spacial score (nSPS) is 16.6. The Bertz CT molecular complexity index is 386. The van der Waals surface area contributed by atoms with Crippen molar-refractivity contribution in [1.29, 1.82) is 0 Å². The molecule has 88 valence electrons. The van der Waals surface area contributed by atoms with Crippen LogP contribution in [0.5, 0.6) is 0 Å². The van der Waals surface area contributed by atoms with Gasteiger partial charge in [0, 0.05) is 19.3 Å². The van der Waals surface area contributed by atoms with E-state index in [4.69, 9.17) is 5.11 Å². The number of aromatic nitrogens is 1. The number of β-amino-alcohol motifs (C(OH)–C–C–N with tert-alkyl or cyclic N) is 1. The number of likely N-dealkylation sites (tertiary alicyclic amines) is 1. The van der Waals surface area contributed by atoms with E-state index in [2.05, 4.69) is 0 Å². The molecule has 1 aliphatic heterocycles. The Morgan fingerprint density at radius 3 is 2.81 bits per heavy atom. The maximum absolute atomic E-state index is 12.2. The first-order valence-electron chi connectivity index (χ1n) is 4.98. The second kappa shape index (κ2) is 4.21. The summed E-state index contributed by atoms with van der Waals surface area (Å²) in [6.45, 7) is 0.0713. The van der Waals surface area contributed by atoms with Crippen LogP contribution in [0.15, 0.2) is 18.3 Å². The molecular formula is C10H12F2N2O2. The maximum Gasteiger partial charge on any atom is 0.270 e. The zero-order valence-electron chi connectivity index (χ0n) is 8.51. The maximum atomic E-state index is 12.2. The lowest BCUT2D eigenvalue weighted by Crippen LogP contribution is -2.53. The van der Waals surface area contributed by atoms with E-state index in [1.54, 1.807) is 6.07 Å². The summed E-state index contributed by atoms with van der Waals surface area (Å²) in [5.41, 5.74) is 0.243. The zero-order valence-corrected chi connectivity index (χ0v) is 8.51. The third-order valence-electron chi connectivity index (χ3n) is 2.53. The third-order valence-corrected chi connectivity index (χ3v) is 2.53. The molecule has 0 saturated carbocycles. The van der Waals surface area contributed by atoms with Gasteiger partial charge in [0.1, 0.15) is 5.69 Å². The van der Waals surface area contributed by atoms with Crippen molar-refractivity contribution in [1.82, 2.24) is 9.47 Å². The molecule has 1 saturated heterocycles. The van der Waals surface area contributed by atoms with Crippen molar-refractivity contribution < 1.29 is 18.7 Å². The largest absolute Gasteiger partial charge is 0.389 e. The smallest absolute Gasteiger partial charge is 0.270 e. The molecule has 0 bridgehead atoms. The number of rotatable bonds is 3. The molecule has 1 amide bonds. The SMILES string of the molecule is O=C(c1cccn1CC(F)F)N1CC(O)C1. The molecule has 2 heterocycles. The van der Waals surface area contributed by atoms with E-state index in [1.165, 1.54) is 21.7 Å². The van der Waals surface area contributed by atoms with Crippen molar-refractivity contribution in [2.75, 3.05) is 13.1 Å². The fourth-order valence-electron chi connectivity index (χ4n) is 1.70. The Morgan fingerprint density at radius 2 is 2.25 bits per heavy atom. The molecular weight excluding hydrogens is 218 g/mol. The van der Waals surface area contributed by atoms with E-state index in [9.17, 15) is 13.6 Å². The number of carbonyl (C=O) groups is 1. The van der Waals surface area contributed by atoms with Crippen LogP contribution in [0.2, 0.25) is 0 Å². The van der Waals surface area contributed by atoms with Crippen LogP contribution in [0, 0.1) is 0 Å². The van der Waals surface area contributed by atoms with Gasteiger partial charge < -0.3 is 14.6 Å². The van der Waals surface area contributed by atoms with Gasteiger partial charge in [-0.3, -0.25) is 4.79 Å².